The molecule has 3 aromatic heterocycles. The minimum Gasteiger partial charge on any atom is -0.332 e. The Kier molecular flexibility index (Phi) is 4.65. The number of rotatable bonds is 4. The molecule has 0 N–H and O–H groups in total. The van der Waals surface area contributed by atoms with Crippen molar-refractivity contribution in [3.05, 3.63) is 70.9 Å². The highest BCUT2D eigenvalue weighted by Crippen LogP contribution is 2.29. The van der Waals surface area contributed by atoms with Crippen LogP contribution in [0.25, 0.3) is 11.5 Å². The SMILES string of the molecule is Cc1cc(C(=O)N2CCc3c(c(-c4nncn4Cc4ccccc4)nn3C)C2)n(C)n1. The van der Waals surface area contributed by atoms with Gasteiger partial charge in [-0.3, -0.25) is 14.2 Å². The fraction of sp³-hybridized carbons (Fsp3) is 0.318. The van der Waals surface area contributed by atoms with Crippen LogP contribution in [-0.2, 0) is 33.6 Å². The third-order valence-electron chi connectivity index (χ3n) is 5.77. The molecule has 1 aliphatic heterocycles. The zero-order valence-corrected chi connectivity index (χ0v) is 17.9. The Labute approximate surface area is 179 Å². The van der Waals surface area contributed by atoms with Crippen molar-refractivity contribution >= 4 is 5.91 Å². The van der Waals surface area contributed by atoms with Crippen LogP contribution in [0.2, 0.25) is 0 Å². The molecule has 158 valence electrons. The van der Waals surface area contributed by atoms with E-state index in [9.17, 15) is 4.79 Å². The van der Waals surface area contributed by atoms with E-state index >= 15 is 0 Å². The summed E-state index contributed by atoms with van der Waals surface area (Å²) in [6, 6.07) is 12.0. The third kappa shape index (κ3) is 3.41. The Bertz CT molecular complexity index is 1250. The largest absolute Gasteiger partial charge is 0.332 e. The molecule has 31 heavy (non-hydrogen) atoms. The van der Waals surface area contributed by atoms with Gasteiger partial charge in [0.05, 0.1) is 18.8 Å². The van der Waals surface area contributed by atoms with Gasteiger partial charge in [0.2, 0.25) is 0 Å². The molecule has 0 saturated carbocycles. The highest BCUT2D eigenvalue weighted by atomic mass is 16.2. The molecule has 5 rings (SSSR count). The summed E-state index contributed by atoms with van der Waals surface area (Å²) >= 11 is 0. The summed E-state index contributed by atoms with van der Waals surface area (Å²) in [4.78, 5) is 15.0. The summed E-state index contributed by atoms with van der Waals surface area (Å²) < 4.78 is 5.55. The monoisotopic (exact) mass is 416 g/mol. The van der Waals surface area contributed by atoms with Crippen molar-refractivity contribution in [1.29, 1.82) is 0 Å². The maximum atomic E-state index is 13.2. The lowest BCUT2D eigenvalue weighted by Crippen LogP contribution is -2.37. The van der Waals surface area contributed by atoms with Crippen molar-refractivity contribution in [1.82, 2.24) is 39.2 Å². The molecule has 0 fully saturated rings. The summed E-state index contributed by atoms with van der Waals surface area (Å²) in [7, 11) is 3.75. The lowest BCUT2D eigenvalue weighted by atomic mass is 10.0. The number of carbonyl (C=O) groups excluding carboxylic acids is 1. The first-order valence-corrected chi connectivity index (χ1v) is 10.3. The van der Waals surface area contributed by atoms with Gasteiger partial charge in [-0.15, -0.1) is 10.2 Å². The first-order chi connectivity index (χ1) is 15.0. The van der Waals surface area contributed by atoms with Crippen LogP contribution >= 0.6 is 0 Å². The number of amides is 1. The van der Waals surface area contributed by atoms with Crippen molar-refractivity contribution < 1.29 is 4.79 Å². The van der Waals surface area contributed by atoms with Gasteiger partial charge < -0.3 is 9.47 Å². The summed E-state index contributed by atoms with van der Waals surface area (Å²) in [6.07, 6.45) is 2.47. The second kappa shape index (κ2) is 7.50. The molecule has 9 nitrogen and oxygen atoms in total. The van der Waals surface area contributed by atoms with Gasteiger partial charge >= 0.3 is 0 Å². The number of aromatic nitrogens is 7. The van der Waals surface area contributed by atoms with Gasteiger partial charge in [-0.25, -0.2) is 0 Å². The molecule has 1 aromatic carbocycles. The smallest absolute Gasteiger partial charge is 0.272 e. The summed E-state index contributed by atoms with van der Waals surface area (Å²) in [6.45, 7) is 3.68. The number of hydrogen-bond acceptors (Lipinski definition) is 5. The fourth-order valence-electron chi connectivity index (χ4n) is 4.25. The maximum Gasteiger partial charge on any atom is 0.272 e. The predicted octanol–water partition coefficient (Wildman–Crippen LogP) is 1.97. The van der Waals surface area contributed by atoms with Crippen molar-refractivity contribution in [3.8, 4) is 11.5 Å². The average molecular weight is 416 g/mol. The van der Waals surface area contributed by atoms with Crippen LogP contribution in [0.5, 0.6) is 0 Å². The van der Waals surface area contributed by atoms with Crippen molar-refractivity contribution in [2.75, 3.05) is 6.54 Å². The normalized spacial score (nSPS) is 13.5. The Morgan fingerprint density at radius 2 is 1.90 bits per heavy atom. The Morgan fingerprint density at radius 1 is 1.10 bits per heavy atom. The topological polar surface area (TPSA) is 86.7 Å². The molecule has 0 spiro atoms. The summed E-state index contributed by atoms with van der Waals surface area (Å²) in [5, 5.41) is 17.6. The zero-order chi connectivity index (χ0) is 21.5. The Hall–Kier alpha value is -3.75. The van der Waals surface area contributed by atoms with E-state index < -0.39 is 0 Å². The molecule has 1 aliphatic rings. The molecule has 0 bridgehead atoms. The number of fused-ring (bicyclic) bond motifs is 1. The Morgan fingerprint density at radius 3 is 2.65 bits per heavy atom. The summed E-state index contributed by atoms with van der Waals surface area (Å²) in [5.74, 6) is 0.695. The van der Waals surface area contributed by atoms with E-state index in [4.69, 9.17) is 5.10 Å². The van der Waals surface area contributed by atoms with Gasteiger partial charge in [0.15, 0.2) is 5.82 Å². The molecule has 0 aliphatic carbocycles. The van der Waals surface area contributed by atoms with Gasteiger partial charge in [0.25, 0.3) is 5.91 Å². The van der Waals surface area contributed by atoms with Crippen LogP contribution in [0.15, 0.2) is 42.7 Å². The van der Waals surface area contributed by atoms with E-state index in [2.05, 4.69) is 27.4 Å². The predicted molar refractivity (Wildman–Crippen MR) is 114 cm³/mol. The molecule has 4 heterocycles. The van der Waals surface area contributed by atoms with Crippen LogP contribution in [-0.4, -0.2) is 51.7 Å². The number of aryl methyl sites for hydroxylation is 3. The van der Waals surface area contributed by atoms with Crippen molar-refractivity contribution in [2.24, 2.45) is 14.1 Å². The van der Waals surface area contributed by atoms with Gasteiger partial charge in [-0.2, -0.15) is 10.2 Å². The first-order valence-electron chi connectivity index (χ1n) is 10.3. The number of carbonyl (C=O) groups is 1. The number of hydrogen-bond donors (Lipinski definition) is 0. The molecular formula is C22H24N8O. The van der Waals surface area contributed by atoms with E-state index in [1.54, 1.807) is 18.1 Å². The van der Waals surface area contributed by atoms with Crippen molar-refractivity contribution in [2.45, 2.75) is 26.4 Å². The van der Waals surface area contributed by atoms with E-state index in [0.717, 1.165) is 34.6 Å². The zero-order valence-electron chi connectivity index (χ0n) is 17.9. The van der Waals surface area contributed by atoms with E-state index in [1.165, 1.54) is 0 Å². The van der Waals surface area contributed by atoms with Crippen LogP contribution in [0.1, 0.15) is 33.0 Å². The van der Waals surface area contributed by atoms with E-state index in [-0.39, 0.29) is 5.91 Å². The molecule has 0 radical (unpaired) electrons. The van der Waals surface area contributed by atoms with Crippen LogP contribution in [0, 0.1) is 6.92 Å². The maximum absolute atomic E-state index is 13.2. The summed E-state index contributed by atoms with van der Waals surface area (Å²) in [5.41, 5.74) is 5.54. The van der Waals surface area contributed by atoms with Crippen LogP contribution in [0.3, 0.4) is 0 Å². The Balaban J connectivity index is 1.48. The standard InChI is InChI=1S/C22H24N8O/c1-15-11-19(28(3)25-15)22(31)29-10-9-18-17(13-29)20(26-27(18)2)21-24-23-14-30(21)12-16-7-5-4-6-8-16/h4-8,11,14H,9-10,12-13H2,1-3H3. The van der Waals surface area contributed by atoms with Gasteiger partial charge in [-0.05, 0) is 18.6 Å². The third-order valence-corrected chi connectivity index (χ3v) is 5.77. The minimum absolute atomic E-state index is 0.0192. The molecular weight excluding hydrogens is 392 g/mol. The quantitative estimate of drug-likeness (QED) is 0.508. The number of benzene rings is 1. The first kappa shape index (κ1) is 19.2. The van der Waals surface area contributed by atoms with E-state index in [1.807, 2.05) is 52.4 Å². The average Bonchev–Trinajstić information content (AvgIpc) is 3.45. The number of nitrogens with zero attached hydrogens (tertiary/aromatic N) is 8. The van der Waals surface area contributed by atoms with Gasteiger partial charge in [0, 0.05) is 38.3 Å². The van der Waals surface area contributed by atoms with Gasteiger partial charge in [0.1, 0.15) is 17.7 Å². The van der Waals surface area contributed by atoms with Gasteiger partial charge in [-0.1, -0.05) is 30.3 Å². The highest BCUT2D eigenvalue weighted by Gasteiger charge is 2.30. The highest BCUT2D eigenvalue weighted by molar-refractivity contribution is 5.93. The van der Waals surface area contributed by atoms with Crippen LogP contribution < -0.4 is 0 Å². The lowest BCUT2D eigenvalue weighted by Gasteiger charge is -2.27. The molecule has 1 amide bonds. The molecule has 0 unspecified atom stereocenters. The second-order valence-electron chi connectivity index (χ2n) is 7.94. The van der Waals surface area contributed by atoms with Crippen LogP contribution in [0.4, 0.5) is 0 Å². The van der Waals surface area contributed by atoms with Crippen molar-refractivity contribution in [3.63, 3.8) is 0 Å². The fourth-order valence-corrected chi connectivity index (χ4v) is 4.25. The molecule has 0 saturated heterocycles. The molecule has 0 atom stereocenters. The lowest BCUT2D eigenvalue weighted by molar-refractivity contribution is 0.0722. The second-order valence-corrected chi connectivity index (χ2v) is 7.94. The van der Waals surface area contributed by atoms with E-state index in [0.29, 0.717) is 31.2 Å². The minimum atomic E-state index is -0.0192. The molecule has 9 heteroatoms. The molecule has 4 aromatic rings.